The second-order valence-corrected chi connectivity index (χ2v) is 10.9. The van der Waals surface area contributed by atoms with Crippen molar-refractivity contribution in [2.24, 2.45) is 0 Å². The van der Waals surface area contributed by atoms with E-state index in [0.717, 1.165) is 30.6 Å². The molecule has 27 heavy (non-hydrogen) atoms. The van der Waals surface area contributed by atoms with Gasteiger partial charge in [-0.15, -0.1) is 11.8 Å². The van der Waals surface area contributed by atoms with Gasteiger partial charge in [0.2, 0.25) is 5.91 Å². The van der Waals surface area contributed by atoms with Gasteiger partial charge in [0.1, 0.15) is 0 Å². The van der Waals surface area contributed by atoms with Crippen LogP contribution in [0.3, 0.4) is 0 Å². The van der Waals surface area contributed by atoms with E-state index in [1.54, 1.807) is 11.8 Å². The summed E-state index contributed by atoms with van der Waals surface area (Å²) in [6.45, 7) is 0. The lowest BCUT2D eigenvalue weighted by Crippen LogP contribution is -2.47. The summed E-state index contributed by atoms with van der Waals surface area (Å²) in [6, 6.07) is 14.5. The van der Waals surface area contributed by atoms with Crippen molar-refractivity contribution in [2.45, 2.75) is 49.1 Å². The van der Waals surface area contributed by atoms with Gasteiger partial charge in [-0.3, -0.25) is 4.79 Å². The number of sulfone groups is 1. The molecule has 1 aliphatic heterocycles. The molecule has 4 nitrogen and oxygen atoms in total. The first-order chi connectivity index (χ1) is 13.0. The summed E-state index contributed by atoms with van der Waals surface area (Å²) in [5.74, 6) is 0.801. The zero-order valence-corrected chi connectivity index (χ0v) is 17.0. The van der Waals surface area contributed by atoms with Gasteiger partial charge in [-0.1, -0.05) is 43.2 Å². The Morgan fingerprint density at radius 1 is 1.00 bits per heavy atom. The average molecular weight is 404 g/mol. The van der Waals surface area contributed by atoms with E-state index in [9.17, 15) is 13.2 Å². The third-order valence-corrected chi connectivity index (χ3v) is 8.42. The number of hydrogen-bond donors (Lipinski definition) is 0. The molecule has 0 N–H and O–H groups in total. The van der Waals surface area contributed by atoms with Crippen LogP contribution in [0.2, 0.25) is 0 Å². The SMILES string of the molecule is O=C(CSc1ccc2ccccc2c1)N(C1CCCC1)[C@@H]1CCS(=O)(=O)C1. The second kappa shape index (κ2) is 7.84. The minimum absolute atomic E-state index is 0.0853. The Bertz CT molecular complexity index is 935. The molecule has 1 saturated heterocycles. The zero-order chi connectivity index (χ0) is 18.9. The van der Waals surface area contributed by atoms with Gasteiger partial charge in [-0.05, 0) is 42.2 Å². The number of thioether (sulfide) groups is 1. The minimum atomic E-state index is -3.00. The largest absolute Gasteiger partial charge is 0.335 e. The Morgan fingerprint density at radius 3 is 2.44 bits per heavy atom. The van der Waals surface area contributed by atoms with Crippen LogP contribution in [0.25, 0.3) is 10.8 Å². The number of benzene rings is 2. The third kappa shape index (κ3) is 4.32. The smallest absolute Gasteiger partial charge is 0.233 e. The highest BCUT2D eigenvalue weighted by Gasteiger charge is 2.38. The van der Waals surface area contributed by atoms with Crippen LogP contribution < -0.4 is 0 Å². The van der Waals surface area contributed by atoms with E-state index < -0.39 is 9.84 Å². The maximum absolute atomic E-state index is 13.1. The third-order valence-electron chi connectivity index (χ3n) is 5.69. The van der Waals surface area contributed by atoms with Crippen molar-refractivity contribution in [3.05, 3.63) is 42.5 Å². The first-order valence-corrected chi connectivity index (χ1v) is 12.5. The van der Waals surface area contributed by atoms with Crippen LogP contribution in [0.4, 0.5) is 0 Å². The Hall–Kier alpha value is -1.53. The molecule has 1 heterocycles. The van der Waals surface area contributed by atoms with Crippen LogP contribution in [0.1, 0.15) is 32.1 Å². The molecule has 2 aromatic rings. The number of hydrogen-bond acceptors (Lipinski definition) is 4. The van der Waals surface area contributed by atoms with Crippen LogP contribution in [0, 0.1) is 0 Å². The van der Waals surface area contributed by atoms with Crippen molar-refractivity contribution >= 4 is 38.3 Å². The molecule has 2 fully saturated rings. The molecule has 2 aromatic carbocycles. The Balaban J connectivity index is 1.47. The van der Waals surface area contributed by atoms with E-state index in [2.05, 4.69) is 30.3 Å². The summed E-state index contributed by atoms with van der Waals surface area (Å²) in [7, 11) is -3.00. The number of nitrogens with zero attached hydrogens (tertiary/aromatic N) is 1. The van der Waals surface area contributed by atoms with Crippen molar-refractivity contribution in [2.75, 3.05) is 17.3 Å². The van der Waals surface area contributed by atoms with Gasteiger partial charge in [0.15, 0.2) is 9.84 Å². The summed E-state index contributed by atoms with van der Waals surface area (Å²) < 4.78 is 23.9. The quantitative estimate of drug-likeness (QED) is 0.711. The predicted octanol–water partition coefficient (Wildman–Crippen LogP) is 3.89. The standard InChI is InChI=1S/C21H25NO3S2/c23-21(14-26-20-10-9-16-5-1-2-6-17(16)13-20)22(18-7-3-4-8-18)19-11-12-27(24,25)15-19/h1-2,5-6,9-10,13,18-19H,3-4,7-8,11-12,14-15H2/t19-/m1/s1. The van der Waals surface area contributed by atoms with Crippen LogP contribution in [-0.4, -0.2) is 48.6 Å². The number of carbonyl (C=O) groups is 1. The van der Waals surface area contributed by atoms with Crippen LogP contribution in [-0.2, 0) is 14.6 Å². The second-order valence-electron chi connectivity index (χ2n) is 7.59. The normalized spacial score (nSPS) is 22.3. The van der Waals surface area contributed by atoms with E-state index in [-0.39, 0.29) is 29.5 Å². The van der Waals surface area contributed by atoms with Gasteiger partial charge in [-0.2, -0.15) is 0 Å². The van der Waals surface area contributed by atoms with Crippen LogP contribution in [0.5, 0.6) is 0 Å². The topological polar surface area (TPSA) is 54.5 Å². The summed E-state index contributed by atoms with van der Waals surface area (Å²) in [5.41, 5.74) is 0. The van der Waals surface area contributed by atoms with Gasteiger partial charge in [0, 0.05) is 17.0 Å². The molecule has 6 heteroatoms. The Morgan fingerprint density at radius 2 is 1.74 bits per heavy atom. The monoisotopic (exact) mass is 403 g/mol. The summed E-state index contributed by atoms with van der Waals surface area (Å²) in [5, 5.41) is 2.36. The summed E-state index contributed by atoms with van der Waals surface area (Å²) in [4.78, 5) is 16.1. The van der Waals surface area contributed by atoms with Crippen molar-refractivity contribution in [1.82, 2.24) is 4.90 Å². The van der Waals surface area contributed by atoms with Crippen molar-refractivity contribution in [1.29, 1.82) is 0 Å². The zero-order valence-electron chi connectivity index (χ0n) is 15.3. The number of rotatable bonds is 5. The molecule has 1 saturated carbocycles. The molecule has 0 unspecified atom stereocenters. The van der Waals surface area contributed by atoms with Gasteiger partial charge in [0.05, 0.1) is 17.3 Å². The lowest BCUT2D eigenvalue weighted by atomic mass is 10.1. The molecule has 0 bridgehead atoms. The fourth-order valence-electron chi connectivity index (χ4n) is 4.36. The van der Waals surface area contributed by atoms with Crippen molar-refractivity contribution < 1.29 is 13.2 Å². The summed E-state index contributed by atoms with van der Waals surface area (Å²) in [6.07, 6.45) is 4.86. The lowest BCUT2D eigenvalue weighted by Gasteiger charge is -2.34. The fourth-order valence-corrected chi connectivity index (χ4v) is 6.88. The molecule has 4 rings (SSSR count). The number of fused-ring (bicyclic) bond motifs is 1. The van der Waals surface area contributed by atoms with Crippen LogP contribution in [0.15, 0.2) is 47.4 Å². The highest BCUT2D eigenvalue weighted by atomic mass is 32.2. The predicted molar refractivity (Wildman–Crippen MR) is 111 cm³/mol. The van der Waals surface area contributed by atoms with Crippen molar-refractivity contribution in [3.63, 3.8) is 0 Å². The molecule has 0 radical (unpaired) electrons. The molecule has 1 atom stereocenters. The lowest BCUT2D eigenvalue weighted by molar-refractivity contribution is -0.132. The number of amides is 1. The maximum Gasteiger partial charge on any atom is 0.233 e. The van der Waals surface area contributed by atoms with E-state index in [1.807, 2.05) is 17.0 Å². The highest BCUT2D eigenvalue weighted by molar-refractivity contribution is 8.00. The molecular weight excluding hydrogens is 378 g/mol. The van der Waals surface area contributed by atoms with Crippen molar-refractivity contribution in [3.8, 4) is 0 Å². The molecule has 0 aromatic heterocycles. The van der Waals surface area contributed by atoms with Gasteiger partial charge in [-0.25, -0.2) is 8.42 Å². The van der Waals surface area contributed by atoms with E-state index in [1.165, 1.54) is 10.8 Å². The minimum Gasteiger partial charge on any atom is -0.335 e. The fraction of sp³-hybridized carbons (Fsp3) is 0.476. The van der Waals surface area contributed by atoms with Gasteiger partial charge < -0.3 is 4.90 Å². The van der Waals surface area contributed by atoms with E-state index in [0.29, 0.717) is 12.2 Å². The first kappa shape index (κ1) is 18.8. The molecular formula is C21H25NO3S2. The Labute approximate surface area is 165 Å². The van der Waals surface area contributed by atoms with Crippen LogP contribution >= 0.6 is 11.8 Å². The van der Waals surface area contributed by atoms with Gasteiger partial charge in [0.25, 0.3) is 0 Å². The molecule has 2 aliphatic rings. The average Bonchev–Trinajstić information content (AvgIpc) is 3.30. The maximum atomic E-state index is 13.1. The van der Waals surface area contributed by atoms with E-state index >= 15 is 0 Å². The Kier molecular flexibility index (Phi) is 5.46. The van der Waals surface area contributed by atoms with E-state index in [4.69, 9.17) is 0 Å². The molecule has 1 aliphatic carbocycles. The first-order valence-electron chi connectivity index (χ1n) is 9.65. The molecule has 1 amide bonds. The number of carbonyl (C=O) groups excluding carboxylic acids is 1. The molecule has 0 spiro atoms. The summed E-state index contributed by atoms with van der Waals surface area (Å²) >= 11 is 1.55. The highest BCUT2D eigenvalue weighted by Crippen LogP contribution is 2.31. The van der Waals surface area contributed by atoms with Gasteiger partial charge >= 0.3 is 0 Å². The molecule has 144 valence electrons.